The van der Waals surface area contributed by atoms with E-state index in [1.54, 1.807) is 0 Å². The Kier molecular flexibility index (Phi) is 1.96. The average molecular weight is 197 g/mol. The van der Waals surface area contributed by atoms with E-state index in [4.69, 9.17) is 17.3 Å². The molecule has 0 amide bonds. The summed E-state index contributed by atoms with van der Waals surface area (Å²) in [5.41, 5.74) is 1.97. The van der Waals surface area contributed by atoms with Crippen LogP contribution in [0.25, 0.3) is 10.2 Å². The van der Waals surface area contributed by atoms with Crippen LogP contribution in [0.3, 0.4) is 0 Å². The molecule has 0 bridgehead atoms. The van der Waals surface area contributed by atoms with Crippen molar-refractivity contribution in [3.63, 3.8) is 0 Å². The summed E-state index contributed by atoms with van der Waals surface area (Å²) in [4.78, 5) is 3.06. The van der Waals surface area contributed by atoms with E-state index in [9.17, 15) is 0 Å². The molecule has 2 N–H and O–H groups in total. The maximum Gasteiger partial charge on any atom is 0.159 e. The largest absolute Gasteiger partial charge is 0.392 e. The van der Waals surface area contributed by atoms with Gasteiger partial charge >= 0.3 is 0 Å². The molecule has 4 heteroatoms. The minimum Gasteiger partial charge on any atom is -0.392 e. The summed E-state index contributed by atoms with van der Waals surface area (Å²) in [6.07, 6.45) is 0. The maximum atomic E-state index is 8.87. The number of hydrogen-bond acceptors (Lipinski definition) is 3. The lowest BCUT2D eigenvalue weighted by Crippen LogP contribution is -1.80. The van der Waals surface area contributed by atoms with Crippen molar-refractivity contribution in [3.8, 4) is 0 Å². The minimum atomic E-state index is 0.0839. The smallest absolute Gasteiger partial charge is 0.159 e. The topological polar surface area (TPSA) is 36.0 Å². The van der Waals surface area contributed by atoms with Gasteiger partial charge < -0.3 is 10.1 Å². The van der Waals surface area contributed by atoms with E-state index in [2.05, 4.69) is 4.98 Å². The predicted octanol–water partition coefficient (Wildman–Crippen LogP) is 2.45. The number of aliphatic hydroxyl groups excluding tert-OH is 1. The minimum absolute atomic E-state index is 0.0839. The van der Waals surface area contributed by atoms with Gasteiger partial charge in [-0.05, 0) is 29.9 Å². The van der Waals surface area contributed by atoms with Gasteiger partial charge in [-0.2, -0.15) is 0 Å². The lowest BCUT2D eigenvalue weighted by molar-refractivity contribution is 0.282. The van der Waals surface area contributed by atoms with Crippen molar-refractivity contribution in [2.75, 3.05) is 0 Å². The fourth-order valence-electron chi connectivity index (χ4n) is 1.09. The number of nitrogens with one attached hydrogen (secondary N) is 1. The third-order valence-corrected chi connectivity index (χ3v) is 2.87. The zero-order chi connectivity index (χ0) is 8.55. The van der Waals surface area contributed by atoms with Crippen molar-refractivity contribution in [2.24, 2.45) is 0 Å². The molecule has 1 aromatic carbocycles. The molecule has 0 spiro atoms. The molecule has 0 fully saturated rings. The van der Waals surface area contributed by atoms with Crippen LogP contribution in [0, 0.1) is 3.95 Å². The zero-order valence-electron chi connectivity index (χ0n) is 6.20. The highest BCUT2D eigenvalue weighted by atomic mass is 32.1. The van der Waals surface area contributed by atoms with Crippen molar-refractivity contribution >= 4 is 33.8 Å². The van der Waals surface area contributed by atoms with E-state index in [-0.39, 0.29) is 6.61 Å². The fourth-order valence-corrected chi connectivity index (χ4v) is 2.27. The summed E-state index contributed by atoms with van der Waals surface area (Å²) in [6.45, 7) is 0.0839. The SMILES string of the molecule is OCc1ccc2[nH]c(=S)sc2c1. The van der Waals surface area contributed by atoms with E-state index in [1.165, 1.54) is 11.3 Å². The first-order valence-electron chi connectivity index (χ1n) is 3.52. The van der Waals surface area contributed by atoms with Crippen LogP contribution in [0.5, 0.6) is 0 Å². The lowest BCUT2D eigenvalue weighted by Gasteiger charge is -1.93. The third-order valence-electron chi connectivity index (χ3n) is 1.67. The van der Waals surface area contributed by atoms with Crippen LogP contribution in [0.15, 0.2) is 18.2 Å². The van der Waals surface area contributed by atoms with Crippen LogP contribution in [0.2, 0.25) is 0 Å². The Balaban J connectivity index is 2.74. The number of aromatic nitrogens is 1. The van der Waals surface area contributed by atoms with E-state index in [0.717, 1.165) is 19.7 Å². The van der Waals surface area contributed by atoms with Gasteiger partial charge in [0, 0.05) is 0 Å². The first kappa shape index (κ1) is 7.91. The highest BCUT2D eigenvalue weighted by molar-refractivity contribution is 7.73. The molecule has 0 aliphatic heterocycles. The normalized spacial score (nSPS) is 10.8. The molecule has 2 rings (SSSR count). The van der Waals surface area contributed by atoms with Gasteiger partial charge in [0.1, 0.15) is 0 Å². The van der Waals surface area contributed by atoms with Gasteiger partial charge in [-0.3, -0.25) is 0 Å². The van der Waals surface area contributed by atoms with Gasteiger partial charge in [0.25, 0.3) is 0 Å². The molecule has 2 nitrogen and oxygen atoms in total. The van der Waals surface area contributed by atoms with Crippen molar-refractivity contribution in [1.82, 2.24) is 4.98 Å². The quantitative estimate of drug-likeness (QED) is 0.689. The molecule has 0 radical (unpaired) electrons. The van der Waals surface area contributed by atoms with Crippen molar-refractivity contribution in [2.45, 2.75) is 6.61 Å². The average Bonchev–Trinajstić information content (AvgIpc) is 2.43. The number of aliphatic hydroxyl groups is 1. The van der Waals surface area contributed by atoms with Gasteiger partial charge in [-0.1, -0.05) is 6.07 Å². The fraction of sp³-hybridized carbons (Fsp3) is 0.125. The summed E-state index contributed by atoms with van der Waals surface area (Å²) in [5, 5.41) is 8.87. The molecule has 12 heavy (non-hydrogen) atoms. The number of benzene rings is 1. The second-order valence-corrected chi connectivity index (χ2v) is 4.22. The maximum absolute atomic E-state index is 8.87. The summed E-state index contributed by atoms with van der Waals surface area (Å²) in [6, 6.07) is 5.78. The molecule has 2 aromatic rings. The number of fused-ring (bicyclic) bond motifs is 1. The molecule has 0 aliphatic rings. The molecule has 1 heterocycles. The van der Waals surface area contributed by atoms with Crippen LogP contribution in [0.1, 0.15) is 5.56 Å². The molecular weight excluding hydrogens is 190 g/mol. The van der Waals surface area contributed by atoms with Gasteiger partial charge in [-0.25, -0.2) is 0 Å². The Labute approximate surface area is 78.5 Å². The van der Waals surface area contributed by atoms with Gasteiger partial charge in [-0.15, -0.1) is 11.3 Å². The number of aromatic amines is 1. The summed E-state index contributed by atoms with van der Waals surface area (Å²) >= 11 is 6.52. The second-order valence-electron chi connectivity index (χ2n) is 2.50. The summed E-state index contributed by atoms with van der Waals surface area (Å²) in [5.74, 6) is 0. The van der Waals surface area contributed by atoms with E-state index in [0.29, 0.717) is 0 Å². The van der Waals surface area contributed by atoms with Crippen LogP contribution in [-0.2, 0) is 6.61 Å². The molecule has 0 aliphatic carbocycles. The Morgan fingerprint density at radius 3 is 3.08 bits per heavy atom. The summed E-state index contributed by atoms with van der Waals surface area (Å²) in [7, 11) is 0. The van der Waals surface area contributed by atoms with Crippen molar-refractivity contribution < 1.29 is 5.11 Å². The monoisotopic (exact) mass is 197 g/mol. The first-order chi connectivity index (χ1) is 5.79. The third kappa shape index (κ3) is 1.29. The van der Waals surface area contributed by atoms with Crippen LogP contribution >= 0.6 is 23.6 Å². The molecule has 0 unspecified atom stereocenters. The molecular formula is C8H7NOS2. The number of hydrogen-bond donors (Lipinski definition) is 2. The highest BCUT2D eigenvalue weighted by Gasteiger charge is 1.97. The van der Waals surface area contributed by atoms with Gasteiger partial charge in [0.2, 0.25) is 0 Å². The predicted molar refractivity (Wildman–Crippen MR) is 52.9 cm³/mol. The van der Waals surface area contributed by atoms with Crippen molar-refractivity contribution in [1.29, 1.82) is 0 Å². The Morgan fingerprint density at radius 2 is 2.33 bits per heavy atom. The van der Waals surface area contributed by atoms with E-state index >= 15 is 0 Å². The molecule has 0 saturated heterocycles. The highest BCUT2D eigenvalue weighted by Crippen LogP contribution is 2.20. The molecule has 0 saturated carbocycles. The standard InChI is InChI=1S/C8H7NOS2/c10-4-5-1-2-6-7(3-5)12-8(11)9-6/h1-3,10H,4H2,(H,9,11). The lowest BCUT2D eigenvalue weighted by atomic mass is 10.2. The Morgan fingerprint density at radius 1 is 1.50 bits per heavy atom. The van der Waals surface area contributed by atoms with Crippen LogP contribution in [0.4, 0.5) is 0 Å². The van der Waals surface area contributed by atoms with E-state index < -0.39 is 0 Å². The van der Waals surface area contributed by atoms with Crippen molar-refractivity contribution in [3.05, 3.63) is 27.7 Å². The van der Waals surface area contributed by atoms with Crippen LogP contribution in [-0.4, -0.2) is 10.1 Å². The molecule has 1 aromatic heterocycles. The first-order valence-corrected chi connectivity index (χ1v) is 4.74. The van der Waals surface area contributed by atoms with Crippen LogP contribution < -0.4 is 0 Å². The zero-order valence-corrected chi connectivity index (χ0v) is 7.84. The van der Waals surface area contributed by atoms with Gasteiger partial charge in [0.05, 0.1) is 16.8 Å². The number of H-pyrrole nitrogens is 1. The molecule has 0 atom stereocenters. The Hall–Kier alpha value is -0.710. The number of rotatable bonds is 1. The van der Waals surface area contributed by atoms with Gasteiger partial charge in [0.15, 0.2) is 3.95 Å². The summed E-state index contributed by atoms with van der Waals surface area (Å²) < 4.78 is 1.88. The Bertz CT molecular complexity index is 457. The number of thiazole rings is 1. The second kappa shape index (κ2) is 2.97. The van der Waals surface area contributed by atoms with E-state index in [1.807, 2.05) is 18.2 Å². The molecule has 62 valence electrons.